The number of aliphatic hydroxyl groups excluding tert-OH is 1. The minimum absolute atomic E-state index is 0.125. The summed E-state index contributed by atoms with van der Waals surface area (Å²) in [6, 6.07) is 7.40. The highest BCUT2D eigenvalue weighted by Gasteiger charge is 2.11. The molecule has 128 valence electrons. The fourth-order valence-electron chi connectivity index (χ4n) is 2.31. The molecule has 2 aromatic rings. The van der Waals surface area contributed by atoms with Gasteiger partial charge in [-0.15, -0.1) is 0 Å². The van der Waals surface area contributed by atoms with E-state index in [0.717, 1.165) is 11.1 Å². The minimum Gasteiger partial charge on any atom is -0.392 e. The smallest absolute Gasteiger partial charge is 0.316 e. The lowest BCUT2D eigenvalue weighted by atomic mass is 10.0. The Morgan fingerprint density at radius 3 is 2.54 bits per heavy atom. The number of hydrogen-bond acceptors (Lipinski definition) is 4. The van der Waals surface area contributed by atoms with Crippen LogP contribution in [0.1, 0.15) is 11.1 Å². The molecule has 0 fully saturated rings. The molecule has 0 radical (unpaired) electrons. The molecule has 1 aromatic heterocycles. The molecule has 0 bridgehead atoms. The molecule has 0 spiro atoms. The van der Waals surface area contributed by atoms with E-state index in [1.165, 1.54) is 15.8 Å². The Morgan fingerprint density at radius 1 is 1.29 bits per heavy atom. The number of rotatable bonds is 5. The van der Waals surface area contributed by atoms with E-state index in [0.29, 0.717) is 24.1 Å². The number of aromatic nitrogens is 2. The van der Waals surface area contributed by atoms with Crippen molar-refractivity contribution in [2.45, 2.75) is 13.0 Å². The Kier molecular flexibility index (Phi) is 5.70. The van der Waals surface area contributed by atoms with Crippen molar-refractivity contribution in [1.82, 2.24) is 20.0 Å². The summed E-state index contributed by atoms with van der Waals surface area (Å²) < 4.78 is 1.25. The van der Waals surface area contributed by atoms with Crippen molar-refractivity contribution in [3.05, 3.63) is 51.9 Å². The van der Waals surface area contributed by atoms with Crippen molar-refractivity contribution in [3.8, 4) is 11.1 Å². The number of nitrogens with zero attached hydrogens (tertiary/aromatic N) is 3. The van der Waals surface area contributed by atoms with Gasteiger partial charge < -0.3 is 15.3 Å². The largest absolute Gasteiger partial charge is 0.392 e. The van der Waals surface area contributed by atoms with Gasteiger partial charge in [-0.05, 0) is 17.5 Å². The average Bonchev–Trinajstić information content (AvgIpc) is 2.57. The Balaban J connectivity index is 2.14. The van der Waals surface area contributed by atoms with E-state index in [9.17, 15) is 14.7 Å². The van der Waals surface area contributed by atoms with Crippen LogP contribution in [0.2, 0.25) is 0 Å². The number of amides is 2. The monoisotopic (exact) mass is 330 g/mol. The number of urea groups is 1. The number of hydrogen-bond donors (Lipinski definition) is 2. The molecular formula is C17H22N4O3. The summed E-state index contributed by atoms with van der Waals surface area (Å²) in [4.78, 5) is 25.2. The standard InChI is InChI=1S/C17H22N4O3/c1-20(2)17(24)18-9-8-12-4-6-13(7-5-12)15-14(11-22)10-19-21(3)16(15)23/h4-7,10,22H,8-9,11H2,1-3H3,(H,18,24). The highest BCUT2D eigenvalue weighted by atomic mass is 16.3. The number of benzene rings is 1. The molecule has 1 heterocycles. The Hall–Kier alpha value is -2.67. The molecule has 0 aliphatic heterocycles. The van der Waals surface area contributed by atoms with Crippen LogP contribution >= 0.6 is 0 Å². The maximum Gasteiger partial charge on any atom is 0.316 e. The van der Waals surface area contributed by atoms with Crippen molar-refractivity contribution < 1.29 is 9.90 Å². The highest BCUT2D eigenvalue weighted by Crippen LogP contribution is 2.20. The maximum absolute atomic E-state index is 12.3. The van der Waals surface area contributed by atoms with Gasteiger partial charge in [-0.1, -0.05) is 24.3 Å². The highest BCUT2D eigenvalue weighted by molar-refractivity contribution is 5.73. The fourth-order valence-corrected chi connectivity index (χ4v) is 2.31. The van der Waals surface area contributed by atoms with E-state index in [-0.39, 0.29) is 18.2 Å². The second-order valence-electron chi connectivity index (χ2n) is 5.70. The second-order valence-corrected chi connectivity index (χ2v) is 5.70. The molecule has 1 aromatic carbocycles. The summed E-state index contributed by atoms with van der Waals surface area (Å²) in [5.74, 6) is 0. The molecule has 0 saturated carbocycles. The van der Waals surface area contributed by atoms with Gasteiger partial charge in [0.1, 0.15) is 0 Å². The first-order valence-corrected chi connectivity index (χ1v) is 7.64. The molecule has 7 nitrogen and oxygen atoms in total. The van der Waals surface area contributed by atoms with Gasteiger partial charge in [-0.3, -0.25) is 4.79 Å². The van der Waals surface area contributed by atoms with Crippen molar-refractivity contribution in [2.24, 2.45) is 7.05 Å². The molecule has 2 N–H and O–H groups in total. The van der Waals surface area contributed by atoms with E-state index in [2.05, 4.69) is 10.4 Å². The quantitative estimate of drug-likeness (QED) is 0.847. The lowest BCUT2D eigenvalue weighted by Crippen LogP contribution is -2.35. The zero-order valence-corrected chi connectivity index (χ0v) is 14.1. The van der Waals surface area contributed by atoms with Crippen molar-refractivity contribution in [1.29, 1.82) is 0 Å². The van der Waals surface area contributed by atoms with Crippen LogP contribution < -0.4 is 10.9 Å². The summed E-state index contributed by atoms with van der Waals surface area (Å²) in [6.07, 6.45) is 2.20. The first kappa shape index (κ1) is 17.7. The van der Waals surface area contributed by atoms with Crippen molar-refractivity contribution in [2.75, 3.05) is 20.6 Å². The average molecular weight is 330 g/mol. The SMILES string of the molecule is CN(C)C(=O)NCCc1ccc(-c2c(CO)cnn(C)c2=O)cc1. The van der Waals surface area contributed by atoms with Gasteiger partial charge >= 0.3 is 6.03 Å². The molecule has 2 amide bonds. The number of nitrogens with one attached hydrogen (secondary N) is 1. The van der Waals surface area contributed by atoms with Crippen molar-refractivity contribution >= 4 is 6.03 Å². The van der Waals surface area contributed by atoms with Crippen LogP contribution in [0.3, 0.4) is 0 Å². The maximum atomic E-state index is 12.3. The summed E-state index contributed by atoms with van der Waals surface area (Å²) in [5, 5.41) is 16.2. The van der Waals surface area contributed by atoms with Crippen LogP contribution in [0.4, 0.5) is 4.79 Å². The molecule has 0 aliphatic carbocycles. The minimum atomic E-state index is -0.243. The lowest BCUT2D eigenvalue weighted by Gasteiger charge is -2.12. The van der Waals surface area contributed by atoms with E-state index in [1.54, 1.807) is 21.1 Å². The first-order chi connectivity index (χ1) is 11.4. The van der Waals surface area contributed by atoms with Crippen LogP contribution in [0, 0.1) is 0 Å². The third-order valence-electron chi connectivity index (χ3n) is 3.72. The Bertz CT molecular complexity index is 766. The van der Waals surface area contributed by atoms with Gasteiger partial charge in [0.15, 0.2) is 0 Å². The van der Waals surface area contributed by atoms with Gasteiger partial charge in [-0.2, -0.15) is 5.10 Å². The third-order valence-corrected chi connectivity index (χ3v) is 3.72. The number of aryl methyl sites for hydroxylation is 1. The lowest BCUT2D eigenvalue weighted by molar-refractivity contribution is 0.217. The van der Waals surface area contributed by atoms with Gasteiger partial charge in [0.05, 0.1) is 18.4 Å². The van der Waals surface area contributed by atoms with Crippen LogP contribution in [0.15, 0.2) is 35.3 Å². The van der Waals surface area contributed by atoms with E-state index in [4.69, 9.17) is 0 Å². The predicted octanol–water partition coefficient (Wildman–Crippen LogP) is 0.753. The molecule has 0 aliphatic rings. The molecule has 7 heteroatoms. The predicted molar refractivity (Wildman–Crippen MR) is 91.6 cm³/mol. The molecule has 0 saturated heterocycles. The molecule has 2 rings (SSSR count). The fraction of sp³-hybridized carbons (Fsp3) is 0.353. The summed E-state index contributed by atoms with van der Waals surface area (Å²) >= 11 is 0. The normalized spacial score (nSPS) is 10.5. The Morgan fingerprint density at radius 2 is 1.96 bits per heavy atom. The van der Waals surface area contributed by atoms with Gasteiger partial charge in [0.25, 0.3) is 5.56 Å². The zero-order valence-electron chi connectivity index (χ0n) is 14.1. The summed E-state index contributed by atoms with van der Waals surface area (Å²) in [7, 11) is 4.96. The number of carbonyl (C=O) groups excluding carboxylic acids is 1. The zero-order chi connectivity index (χ0) is 17.7. The molecule has 0 unspecified atom stereocenters. The van der Waals surface area contributed by atoms with Crippen LogP contribution in [-0.2, 0) is 20.1 Å². The van der Waals surface area contributed by atoms with Gasteiger partial charge in [0, 0.05) is 33.3 Å². The van der Waals surface area contributed by atoms with Crippen LogP contribution in [-0.4, -0.2) is 46.5 Å². The summed E-state index contributed by atoms with van der Waals surface area (Å²) in [5.41, 5.74) is 2.51. The molecular weight excluding hydrogens is 308 g/mol. The van der Waals surface area contributed by atoms with Crippen LogP contribution in [0.5, 0.6) is 0 Å². The topological polar surface area (TPSA) is 87.5 Å². The first-order valence-electron chi connectivity index (χ1n) is 7.64. The molecule has 0 atom stereocenters. The third kappa shape index (κ3) is 3.99. The van der Waals surface area contributed by atoms with Crippen molar-refractivity contribution in [3.63, 3.8) is 0 Å². The molecule has 24 heavy (non-hydrogen) atoms. The number of aliphatic hydroxyl groups is 1. The van der Waals surface area contributed by atoms with Gasteiger partial charge in [0.2, 0.25) is 0 Å². The van der Waals surface area contributed by atoms with E-state index in [1.807, 2.05) is 24.3 Å². The Labute approximate surface area is 140 Å². The van der Waals surface area contributed by atoms with Crippen LogP contribution in [0.25, 0.3) is 11.1 Å². The second kappa shape index (κ2) is 7.74. The van der Waals surface area contributed by atoms with E-state index >= 15 is 0 Å². The van der Waals surface area contributed by atoms with E-state index < -0.39 is 0 Å². The van der Waals surface area contributed by atoms with Gasteiger partial charge in [-0.25, -0.2) is 9.48 Å². The number of carbonyl (C=O) groups is 1. The summed E-state index contributed by atoms with van der Waals surface area (Å²) in [6.45, 7) is 0.298.